The molecule has 0 atom stereocenters. The Morgan fingerprint density at radius 1 is 1.16 bits per heavy atom. The zero-order valence-corrected chi connectivity index (χ0v) is 15.5. The summed E-state index contributed by atoms with van der Waals surface area (Å²) >= 11 is 0. The maximum Gasteiger partial charge on any atom is 0.407 e. The first-order valence-corrected chi connectivity index (χ1v) is 7.72. The average Bonchev–Trinajstić information content (AvgIpc) is 2.49. The van der Waals surface area contributed by atoms with Gasteiger partial charge >= 0.3 is 12.1 Å². The van der Waals surface area contributed by atoms with E-state index in [-0.39, 0.29) is 19.0 Å². The van der Waals surface area contributed by atoms with Crippen LogP contribution >= 0.6 is 0 Å². The standard InChI is InChI=1S/C15H26N6O4/c1-15(2,3)25-14(23)17-8-7-16-13(22)20-10-11(21(4)5)18-9-19-12(10)24-6/h9H,7-8H2,1-6H3,(H,17,23)(H2,16,20,22). The normalized spacial score (nSPS) is 10.6. The molecule has 1 aromatic rings. The molecule has 0 saturated carbocycles. The molecule has 0 aliphatic heterocycles. The van der Waals surface area contributed by atoms with Crippen molar-refractivity contribution >= 4 is 23.6 Å². The van der Waals surface area contributed by atoms with Crippen molar-refractivity contribution in [1.29, 1.82) is 0 Å². The van der Waals surface area contributed by atoms with Gasteiger partial charge in [0, 0.05) is 27.2 Å². The molecule has 140 valence electrons. The first-order chi connectivity index (χ1) is 11.6. The van der Waals surface area contributed by atoms with Gasteiger partial charge in [0.1, 0.15) is 17.6 Å². The highest BCUT2D eigenvalue weighted by atomic mass is 16.6. The Bertz CT molecular complexity index is 600. The van der Waals surface area contributed by atoms with Gasteiger partial charge in [0.25, 0.3) is 0 Å². The summed E-state index contributed by atoms with van der Waals surface area (Å²) in [6, 6.07) is -0.470. The number of ether oxygens (including phenoxy) is 2. The lowest BCUT2D eigenvalue weighted by Gasteiger charge is -2.20. The fraction of sp³-hybridized carbons (Fsp3) is 0.600. The molecule has 0 spiro atoms. The molecular formula is C15H26N6O4. The smallest absolute Gasteiger partial charge is 0.407 e. The lowest BCUT2D eigenvalue weighted by Crippen LogP contribution is -2.39. The number of rotatable bonds is 6. The van der Waals surface area contributed by atoms with Crippen LogP contribution in [0.1, 0.15) is 20.8 Å². The van der Waals surface area contributed by atoms with Gasteiger partial charge in [-0.1, -0.05) is 0 Å². The van der Waals surface area contributed by atoms with Gasteiger partial charge in [-0.2, -0.15) is 4.98 Å². The van der Waals surface area contributed by atoms with Crippen molar-refractivity contribution < 1.29 is 19.1 Å². The number of alkyl carbamates (subject to hydrolysis) is 1. The minimum absolute atomic E-state index is 0.221. The molecule has 0 aromatic carbocycles. The van der Waals surface area contributed by atoms with Crippen molar-refractivity contribution in [2.24, 2.45) is 0 Å². The van der Waals surface area contributed by atoms with Crippen molar-refractivity contribution in [2.75, 3.05) is 44.5 Å². The first kappa shape index (κ1) is 20.3. The van der Waals surface area contributed by atoms with Crippen LogP contribution in [-0.4, -0.2) is 62.0 Å². The predicted octanol–water partition coefficient (Wildman–Crippen LogP) is 1.20. The molecule has 3 amide bonds. The van der Waals surface area contributed by atoms with E-state index in [1.807, 2.05) is 0 Å². The second kappa shape index (κ2) is 8.90. The molecule has 0 aliphatic rings. The van der Waals surface area contributed by atoms with Crippen LogP contribution in [0.5, 0.6) is 5.88 Å². The highest BCUT2D eigenvalue weighted by Gasteiger charge is 2.17. The number of amides is 3. The molecule has 1 rings (SSSR count). The van der Waals surface area contributed by atoms with E-state index in [1.165, 1.54) is 13.4 Å². The van der Waals surface area contributed by atoms with Crippen molar-refractivity contribution in [3.8, 4) is 5.88 Å². The number of nitrogens with one attached hydrogen (secondary N) is 3. The van der Waals surface area contributed by atoms with E-state index in [0.29, 0.717) is 11.5 Å². The maximum absolute atomic E-state index is 12.0. The van der Waals surface area contributed by atoms with Crippen molar-refractivity contribution in [1.82, 2.24) is 20.6 Å². The summed E-state index contributed by atoms with van der Waals surface area (Å²) in [5.41, 5.74) is -0.214. The predicted molar refractivity (Wildman–Crippen MR) is 94.2 cm³/mol. The Kier molecular flexibility index (Phi) is 7.22. The third-order valence-corrected chi connectivity index (χ3v) is 2.73. The Labute approximate surface area is 147 Å². The largest absolute Gasteiger partial charge is 0.479 e. The number of hydrogen-bond acceptors (Lipinski definition) is 7. The monoisotopic (exact) mass is 354 g/mol. The molecule has 0 aliphatic carbocycles. The molecule has 25 heavy (non-hydrogen) atoms. The number of urea groups is 1. The van der Waals surface area contributed by atoms with Gasteiger partial charge in [-0.05, 0) is 20.8 Å². The fourth-order valence-electron chi connectivity index (χ4n) is 1.78. The van der Waals surface area contributed by atoms with E-state index in [0.717, 1.165) is 0 Å². The SMILES string of the molecule is COc1ncnc(N(C)C)c1NC(=O)NCCNC(=O)OC(C)(C)C. The maximum atomic E-state index is 12.0. The molecule has 0 bridgehead atoms. The van der Waals surface area contributed by atoms with Crippen LogP contribution in [0.2, 0.25) is 0 Å². The highest BCUT2D eigenvalue weighted by molar-refractivity contribution is 5.94. The van der Waals surface area contributed by atoms with Crippen LogP contribution in [0.3, 0.4) is 0 Å². The highest BCUT2D eigenvalue weighted by Crippen LogP contribution is 2.29. The van der Waals surface area contributed by atoms with Gasteiger partial charge in [-0.3, -0.25) is 0 Å². The van der Waals surface area contributed by atoms with E-state index >= 15 is 0 Å². The molecule has 10 nitrogen and oxygen atoms in total. The van der Waals surface area contributed by atoms with Crippen molar-refractivity contribution in [3.63, 3.8) is 0 Å². The third kappa shape index (κ3) is 7.10. The Hall–Kier alpha value is -2.78. The van der Waals surface area contributed by atoms with Gasteiger partial charge in [0.05, 0.1) is 7.11 Å². The lowest BCUT2D eigenvalue weighted by atomic mass is 10.2. The minimum atomic E-state index is -0.568. The summed E-state index contributed by atoms with van der Waals surface area (Å²) in [7, 11) is 5.03. The average molecular weight is 354 g/mol. The van der Waals surface area contributed by atoms with E-state index in [4.69, 9.17) is 9.47 Å². The Morgan fingerprint density at radius 3 is 2.36 bits per heavy atom. The van der Waals surface area contributed by atoms with E-state index < -0.39 is 17.7 Å². The van der Waals surface area contributed by atoms with E-state index in [2.05, 4.69) is 25.9 Å². The number of nitrogens with zero attached hydrogens (tertiary/aromatic N) is 3. The summed E-state index contributed by atoms with van der Waals surface area (Å²) in [6.45, 7) is 5.77. The summed E-state index contributed by atoms with van der Waals surface area (Å²) < 4.78 is 10.2. The zero-order chi connectivity index (χ0) is 19.0. The molecule has 3 N–H and O–H groups in total. The van der Waals surface area contributed by atoms with Crippen LogP contribution in [0.15, 0.2) is 6.33 Å². The zero-order valence-electron chi connectivity index (χ0n) is 15.5. The summed E-state index contributed by atoms with van der Waals surface area (Å²) in [6.07, 6.45) is 0.810. The molecule has 0 fully saturated rings. The molecular weight excluding hydrogens is 328 g/mol. The quantitative estimate of drug-likeness (QED) is 0.657. The van der Waals surface area contributed by atoms with Crippen LogP contribution in [0.4, 0.5) is 21.1 Å². The fourth-order valence-corrected chi connectivity index (χ4v) is 1.78. The number of carbonyl (C=O) groups excluding carboxylic acids is 2. The van der Waals surface area contributed by atoms with Gasteiger partial charge in [-0.25, -0.2) is 14.6 Å². The van der Waals surface area contributed by atoms with E-state index in [1.54, 1.807) is 39.8 Å². The third-order valence-electron chi connectivity index (χ3n) is 2.73. The summed E-state index contributed by atoms with van der Waals surface area (Å²) in [5.74, 6) is 0.759. The lowest BCUT2D eigenvalue weighted by molar-refractivity contribution is 0.0528. The van der Waals surface area contributed by atoms with Crippen LogP contribution < -0.4 is 25.6 Å². The molecule has 10 heteroatoms. The number of carbonyl (C=O) groups is 2. The second-order valence-corrected chi connectivity index (χ2v) is 6.29. The molecule has 0 radical (unpaired) electrons. The van der Waals surface area contributed by atoms with Crippen LogP contribution in [0.25, 0.3) is 0 Å². The molecule has 1 heterocycles. The van der Waals surface area contributed by atoms with Gasteiger partial charge in [-0.15, -0.1) is 0 Å². The summed E-state index contributed by atoms with van der Waals surface area (Å²) in [5, 5.41) is 7.82. The number of hydrogen-bond donors (Lipinski definition) is 3. The molecule has 0 unspecified atom stereocenters. The van der Waals surface area contributed by atoms with Crippen LogP contribution in [-0.2, 0) is 4.74 Å². The van der Waals surface area contributed by atoms with Crippen LogP contribution in [0, 0.1) is 0 Å². The van der Waals surface area contributed by atoms with Crippen molar-refractivity contribution in [3.05, 3.63) is 6.33 Å². The van der Waals surface area contributed by atoms with Gasteiger partial charge in [0.2, 0.25) is 5.88 Å². The minimum Gasteiger partial charge on any atom is -0.479 e. The molecule has 1 aromatic heterocycles. The van der Waals surface area contributed by atoms with Gasteiger partial charge in [0.15, 0.2) is 5.82 Å². The first-order valence-electron chi connectivity index (χ1n) is 7.72. The molecule has 0 saturated heterocycles. The number of anilines is 2. The van der Waals surface area contributed by atoms with Crippen molar-refractivity contribution in [2.45, 2.75) is 26.4 Å². The number of aromatic nitrogens is 2. The number of methoxy groups -OCH3 is 1. The van der Waals surface area contributed by atoms with E-state index in [9.17, 15) is 9.59 Å². The summed E-state index contributed by atoms with van der Waals surface area (Å²) in [4.78, 5) is 33.3. The Morgan fingerprint density at radius 2 is 1.80 bits per heavy atom. The van der Waals surface area contributed by atoms with Gasteiger partial charge < -0.3 is 30.3 Å². The Balaban J connectivity index is 2.52. The second-order valence-electron chi connectivity index (χ2n) is 6.29. The topological polar surface area (TPSA) is 118 Å².